The Labute approximate surface area is 208 Å². The largest absolute Gasteiger partial charge is 0.454 e. The van der Waals surface area contributed by atoms with Crippen LogP contribution >= 0.6 is 24.0 Å². The van der Waals surface area contributed by atoms with Gasteiger partial charge in [-0.2, -0.15) is 0 Å². The van der Waals surface area contributed by atoms with Gasteiger partial charge < -0.3 is 24.8 Å². The Morgan fingerprint density at radius 1 is 1.00 bits per heavy atom. The highest BCUT2D eigenvalue weighted by Gasteiger charge is 2.36. The number of rotatable bonds is 6. The van der Waals surface area contributed by atoms with E-state index in [4.69, 9.17) is 14.2 Å². The maximum Gasteiger partial charge on any atom is 0.231 e. The van der Waals surface area contributed by atoms with Gasteiger partial charge in [0.25, 0.3) is 0 Å². The molecule has 0 unspecified atom stereocenters. The van der Waals surface area contributed by atoms with E-state index in [-0.39, 0.29) is 34.8 Å². The van der Waals surface area contributed by atoms with E-state index in [1.54, 1.807) is 0 Å². The van der Waals surface area contributed by atoms with Gasteiger partial charge in [0.2, 0.25) is 6.79 Å². The molecule has 0 aromatic heterocycles. The summed E-state index contributed by atoms with van der Waals surface area (Å²) in [5.41, 5.74) is 2.52. The van der Waals surface area contributed by atoms with Crippen LogP contribution in [0.1, 0.15) is 37.8 Å². The molecule has 2 aliphatic rings. The van der Waals surface area contributed by atoms with E-state index >= 15 is 0 Å². The molecule has 0 spiro atoms. The van der Waals surface area contributed by atoms with Crippen LogP contribution in [0.3, 0.4) is 0 Å². The lowest BCUT2D eigenvalue weighted by molar-refractivity contribution is 0.0513. The molecule has 2 aromatic carbocycles. The molecule has 6 nitrogen and oxygen atoms in total. The number of aliphatic imine (C=N–C) groups is 1. The topological polar surface area (TPSA) is 64.1 Å². The molecule has 0 atom stereocenters. The fourth-order valence-corrected chi connectivity index (χ4v) is 4.33. The number of fused-ring (bicyclic) bond motifs is 1. The maximum absolute atomic E-state index is 5.68. The molecule has 0 saturated carbocycles. The number of nitrogens with one attached hydrogen (secondary N) is 2. The highest BCUT2D eigenvalue weighted by molar-refractivity contribution is 14.0. The molecule has 32 heavy (non-hydrogen) atoms. The Kier molecular flexibility index (Phi) is 8.27. The van der Waals surface area contributed by atoms with Crippen LogP contribution in [0.15, 0.2) is 53.5 Å². The summed E-state index contributed by atoms with van der Waals surface area (Å²) < 4.78 is 16.8. The van der Waals surface area contributed by atoms with E-state index in [0.29, 0.717) is 6.79 Å². The average Bonchev–Trinajstić information content (AvgIpc) is 3.28. The van der Waals surface area contributed by atoms with Crippen LogP contribution in [0.5, 0.6) is 11.5 Å². The molecular formula is C25H34IN3O3. The second kappa shape index (κ2) is 10.7. The minimum Gasteiger partial charge on any atom is -0.454 e. The molecule has 4 rings (SSSR count). The quantitative estimate of drug-likeness (QED) is 0.320. The maximum atomic E-state index is 5.68. The van der Waals surface area contributed by atoms with Crippen molar-refractivity contribution in [1.29, 1.82) is 0 Å². The zero-order chi connectivity index (χ0) is 21.7. The molecule has 2 heterocycles. The number of guanidine groups is 1. The fraction of sp³-hybridized carbons (Fsp3) is 0.480. The number of ether oxygens (including phenoxy) is 3. The third-order valence-electron chi connectivity index (χ3n) is 6.51. The Hall–Kier alpha value is -2.00. The molecule has 2 aromatic rings. The van der Waals surface area contributed by atoms with Crippen LogP contribution in [0.2, 0.25) is 0 Å². The van der Waals surface area contributed by atoms with Gasteiger partial charge in [-0.15, -0.1) is 24.0 Å². The summed E-state index contributed by atoms with van der Waals surface area (Å²) in [4.78, 5) is 4.47. The molecule has 0 amide bonds. The van der Waals surface area contributed by atoms with Crippen LogP contribution in [-0.2, 0) is 15.6 Å². The Bertz CT molecular complexity index is 912. The van der Waals surface area contributed by atoms with Gasteiger partial charge in [0.1, 0.15) is 0 Å². The molecule has 0 radical (unpaired) electrons. The summed E-state index contributed by atoms with van der Waals surface area (Å²) in [5, 5.41) is 7.10. The number of hydrogen-bond donors (Lipinski definition) is 2. The van der Waals surface area contributed by atoms with Gasteiger partial charge in [-0.05, 0) is 36.1 Å². The van der Waals surface area contributed by atoms with Crippen molar-refractivity contribution in [2.45, 2.75) is 37.5 Å². The fourth-order valence-electron chi connectivity index (χ4n) is 4.33. The lowest BCUT2D eigenvalue weighted by Gasteiger charge is -2.38. The summed E-state index contributed by atoms with van der Waals surface area (Å²) in [7, 11) is 1.82. The smallest absolute Gasteiger partial charge is 0.231 e. The van der Waals surface area contributed by atoms with Crippen LogP contribution in [0.25, 0.3) is 0 Å². The van der Waals surface area contributed by atoms with Gasteiger partial charge in [0.15, 0.2) is 17.5 Å². The van der Waals surface area contributed by atoms with Crippen LogP contribution < -0.4 is 20.1 Å². The highest BCUT2D eigenvalue weighted by atomic mass is 127. The monoisotopic (exact) mass is 551 g/mol. The average molecular weight is 551 g/mol. The van der Waals surface area contributed by atoms with E-state index < -0.39 is 0 Å². The van der Waals surface area contributed by atoms with Crippen molar-refractivity contribution in [2.75, 3.05) is 40.1 Å². The first kappa shape index (κ1) is 24.6. The lowest BCUT2D eigenvalue weighted by Crippen LogP contribution is -2.49. The molecule has 0 bridgehead atoms. The van der Waals surface area contributed by atoms with E-state index in [0.717, 1.165) is 56.6 Å². The number of halogens is 1. The van der Waals surface area contributed by atoms with Crippen molar-refractivity contribution in [2.24, 2.45) is 4.99 Å². The predicted octanol–water partition coefficient (Wildman–Crippen LogP) is 4.22. The van der Waals surface area contributed by atoms with Gasteiger partial charge >= 0.3 is 0 Å². The van der Waals surface area contributed by atoms with Crippen molar-refractivity contribution >= 4 is 29.9 Å². The summed E-state index contributed by atoms with van der Waals surface area (Å²) >= 11 is 0. The number of nitrogens with zero attached hydrogens (tertiary/aromatic N) is 1. The van der Waals surface area contributed by atoms with Crippen LogP contribution in [0.4, 0.5) is 0 Å². The molecule has 2 N–H and O–H groups in total. The zero-order valence-electron chi connectivity index (χ0n) is 19.1. The lowest BCUT2D eigenvalue weighted by atomic mass is 9.74. The summed E-state index contributed by atoms with van der Waals surface area (Å²) in [6.45, 7) is 7.86. The van der Waals surface area contributed by atoms with E-state index in [2.05, 4.69) is 71.9 Å². The SMILES string of the molecule is CN=C(NCC(C)(C)c1ccccc1)NCC1(c2ccc3c(c2)OCO3)CCOCC1.I. The Balaban J connectivity index is 0.00000289. The molecular weight excluding hydrogens is 517 g/mol. The summed E-state index contributed by atoms with van der Waals surface area (Å²) in [6.07, 6.45) is 1.90. The standard InChI is InChI=1S/C25H33N3O3.HI/c1-24(2,19-7-5-4-6-8-19)16-27-23(26-3)28-17-25(11-13-29-14-12-25)20-9-10-21-22(15-20)31-18-30-21;/h4-10,15H,11-14,16-18H2,1-3H3,(H2,26,27,28);1H. The Morgan fingerprint density at radius 3 is 2.44 bits per heavy atom. The van der Waals surface area contributed by atoms with E-state index in [9.17, 15) is 0 Å². The van der Waals surface area contributed by atoms with Crippen LogP contribution in [-0.4, -0.2) is 46.1 Å². The molecule has 0 aliphatic carbocycles. The molecule has 7 heteroatoms. The second-order valence-corrected chi connectivity index (χ2v) is 8.99. The van der Waals surface area contributed by atoms with E-state index in [1.807, 2.05) is 13.1 Å². The summed E-state index contributed by atoms with van der Waals surface area (Å²) in [5.74, 6) is 2.46. The first-order valence-corrected chi connectivity index (χ1v) is 11.0. The van der Waals surface area contributed by atoms with Gasteiger partial charge in [-0.3, -0.25) is 4.99 Å². The van der Waals surface area contributed by atoms with Crippen molar-refractivity contribution in [3.05, 3.63) is 59.7 Å². The zero-order valence-corrected chi connectivity index (χ0v) is 21.5. The number of benzene rings is 2. The highest BCUT2D eigenvalue weighted by Crippen LogP contribution is 2.40. The minimum absolute atomic E-state index is 0. The van der Waals surface area contributed by atoms with Crippen molar-refractivity contribution < 1.29 is 14.2 Å². The number of hydrogen-bond acceptors (Lipinski definition) is 4. The van der Waals surface area contributed by atoms with Gasteiger partial charge in [-0.1, -0.05) is 50.2 Å². The van der Waals surface area contributed by atoms with Gasteiger partial charge in [0, 0.05) is 44.2 Å². The van der Waals surface area contributed by atoms with Gasteiger partial charge in [0.05, 0.1) is 0 Å². The minimum atomic E-state index is -0.0359. The molecule has 2 aliphatic heterocycles. The molecule has 1 fully saturated rings. The van der Waals surface area contributed by atoms with Crippen molar-refractivity contribution in [1.82, 2.24) is 10.6 Å². The van der Waals surface area contributed by atoms with Crippen molar-refractivity contribution in [3.63, 3.8) is 0 Å². The summed E-state index contributed by atoms with van der Waals surface area (Å²) in [6, 6.07) is 16.9. The normalized spacial score (nSPS) is 17.4. The van der Waals surface area contributed by atoms with Crippen molar-refractivity contribution in [3.8, 4) is 11.5 Å². The third-order valence-corrected chi connectivity index (χ3v) is 6.51. The predicted molar refractivity (Wildman–Crippen MR) is 139 cm³/mol. The molecule has 174 valence electrons. The Morgan fingerprint density at radius 2 is 1.72 bits per heavy atom. The third kappa shape index (κ3) is 5.49. The molecule has 1 saturated heterocycles. The van der Waals surface area contributed by atoms with Crippen LogP contribution in [0, 0.1) is 0 Å². The van der Waals surface area contributed by atoms with Gasteiger partial charge in [-0.25, -0.2) is 0 Å². The first-order valence-electron chi connectivity index (χ1n) is 11.0. The van der Waals surface area contributed by atoms with E-state index in [1.165, 1.54) is 11.1 Å². The first-order chi connectivity index (χ1) is 15.0. The second-order valence-electron chi connectivity index (χ2n) is 8.99.